The average Bonchev–Trinajstić information content (AvgIpc) is 3.85. The number of rotatable bonds is 4. The molecule has 238 valence electrons. The van der Waals surface area contributed by atoms with Gasteiger partial charge in [0, 0.05) is 53.1 Å². The fourth-order valence-corrected chi connectivity index (χ4v) is 9.40. The molecule has 0 amide bonds. The summed E-state index contributed by atoms with van der Waals surface area (Å²) >= 11 is 1.87. The lowest BCUT2D eigenvalue weighted by Gasteiger charge is -2.13. The topological polar surface area (TPSA) is 9.86 Å². The van der Waals surface area contributed by atoms with Gasteiger partial charge in [-0.05, 0) is 82.9 Å². The van der Waals surface area contributed by atoms with Crippen LogP contribution in [-0.4, -0.2) is 9.13 Å². The smallest absolute Gasteiger partial charge is 0.0562 e. The molecular formula is C48H30N2S. The molecule has 0 saturated heterocycles. The summed E-state index contributed by atoms with van der Waals surface area (Å²) in [6.45, 7) is 0. The fourth-order valence-electron chi connectivity index (χ4n) is 8.27. The summed E-state index contributed by atoms with van der Waals surface area (Å²) in [5, 5.41) is 7.69. The molecule has 8 aromatic carbocycles. The van der Waals surface area contributed by atoms with Crippen LogP contribution in [0.4, 0.5) is 0 Å². The van der Waals surface area contributed by atoms with Crippen LogP contribution in [0.15, 0.2) is 182 Å². The lowest BCUT2D eigenvalue weighted by atomic mass is 9.99. The van der Waals surface area contributed by atoms with Gasteiger partial charge < -0.3 is 9.13 Å². The minimum absolute atomic E-state index is 1.16. The fraction of sp³-hybridized carbons (Fsp3) is 0. The number of hydrogen-bond donors (Lipinski definition) is 0. The Bertz CT molecular complexity index is 3140. The van der Waals surface area contributed by atoms with Crippen molar-refractivity contribution in [3.05, 3.63) is 182 Å². The summed E-state index contributed by atoms with van der Waals surface area (Å²) in [6, 6.07) is 66.7. The van der Waals surface area contributed by atoms with Gasteiger partial charge in [0.2, 0.25) is 0 Å². The Morgan fingerprint density at radius 2 is 0.843 bits per heavy atom. The molecule has 0 fully saturated rings. The molecule has 11 rings (SSSR count). The van der Waals surface area contributed by atoms with Gasteiger partial charge in [-0.1, -0.05) is 121 Å². The van der Waals surface area contributed by atoms with Crippen molar-refractivity contribution in [3.8, 4) is 33.6 Å². The van der Waals surface area contributed by atoms with Crippen LogP contribution in [0.25, 0.3) is 97.4 Å². The molecule has 0 spiro atoms. The number of fused-ring (bicyclic) bond motifs is 9. The highest BCUT2D eigenvalue weighted by molar-refractivity contribution is 7.25. The van der Waals surface area contributed by atoms with Gasteiger partial charge in [-0.3, -0.25) is 0 Å². The predicted molar refractivity (Wildman–Crippen MR) is 219 cm³/mol. The van der Waals surface area contributed by atoms with Crippen molar-refractivity contribution in [3.63, 3.8) is 0 Å². The van der Waals surface area contributed by atoms with Crippen LogP contribution in [0.5, 0.6) is 0 Å². The molecule has 3 heteroatoms. The highest BCUT2D eigenvalue weighted by atomic mass is 32.1. The molecular weight excluding hydrogens is 637 g/mol. The quantitative estimate of drug-likeness (QED) is 0.177. The molecule has 0 N–H and O–H groups in total. The maximum Gasteiger partial charge on any atom is 0.0562 e. The molecule has 11 aromatic rings. The second-order valence-corrected chi connectivity index (χ2v) is 14.4. The van der Waals surface area contributed by atoms with Crippen molar-refractivity contribution in [2.45, 2.75) is 0 Å². The first-order valence-corrected chi connectivity index (χ1v) is 18.3. The van der Waals surface area contributed by atoms with E-state index in [9.17, 15) is 0 Å². The first kappa shape index (κ1) is 28.4. The van der Waals surface area contributed by atoms with Crippen LogP contribution >= 0.6 is 11.3 Å². The van der Waals surface area contributed by atoms with E-state index >= 15 is 0 Å². The maximum atomic E-state index is 2.46. The Morgan fingerprint density at radius 3 is 1.55 bits per heavy atom. The van der Waals surface area contributed by atoms with Crippen molar-refractivity contribution in [2.75, 3.05) is 0 Å². The number of thiophene rings is 1. The summed E-state index contributed by atoms with van der Waals surface area (Å²) < 4.78 is 7.55. The Balaban J connectivity index is 1.18. The lowest BCUT2D eigenvalue weighted by Crippen LogP contribution is -1.96. The molecule has 0 unspecified atom stereocenters. The highest BCUT2D eigenvalue weighted by Gasteiger charge is 2.19. The van der Waals surface area contributed by atoms with E-state index in [-0.39, 0.29) is 0 Å². The second-order valence-electron chi connectivity index (χ2n) is 13.3. The zero-order valence-electron chi connectivity index (χ0n) is 27.6. The van der Waals surface area contributed by atoms with Crippen LogP contribution in [0.2, 0.25) is 0 Å². The van der Waals surface area contributed by atoms with Crippen molar-refractivity contribution in [1.29, 1.82) is 0 Å². The van der Waals surface area contributed by atoms with Crippen molar-refractivity contribution in [1.82, 2.24) is 9.13 Å². The minimum atomic E-state index is 1.16. The Kier molecular flexibility index (Phi) is 6.16. The highest BCUT2D eigenvalue weighted by Crippen LogP contribution is 2.43. The van der Waals surface area contributed by atoms with Gasteiger partial charge in [-0.15, -0.1) is 11.3 Å². The van der Waals surface area contributed by atoms with Gasteiger partial charge in [0.1, 0.15) is 0 Å². The molecule has 3 heterocycles. The molecule has 0 aliphatic carbocycles. The van der Waals surface area contributed by atoms with E-state index in [0.29, 0.717) is 0 Å². The summed E-state index contributed by atoms with van der Waals surface area (Å²) in [5.74, 6) is 0. The monoisotopic (exact) mass is 666 g/mol. The molecule has 0 atom stereocenters. The zero-order chi connectivity index (χ0) is 33.5. The van der Waals surface area contributed by atoms with Gasteiger partial charge in [0.15, 0.2) is 0 Å². The summed E-state index contributed by atoms with van der Waals surface area (Å²) in [6.07, 6.45) is 0. The Hall–Kier alpha value is -6.42. The minimum Gasteiger partial charge on any atom is -0.309 e. The first-order chi connectivity index (χ1) is 25.3. The van der Waals surface area contributed by atoms with Crippen molar-refractivity contribution < 1.29 is 0 Å². The van der Waals surface area contributed by atoms with Crippen LogP contribution in [0.1, 0.15) is 0 Å². The molecule has 0 radical (unpaired) electrons. The van der Waals surface area contributed by atoms with Gasteiger partial charge in [-0.25, -0.2) is 0 Å². The number of aromatic nitrogens is 2. The number of hydrogen-bond acceptors (Lipinski definition) is 1. The van der Waals surface area contributed by atoms with Gasteiger partial charge in [0.05, 0.1) is 22.1 Å². The van der Waals surface area contributed by atoms with E-state index in [1.54, 1.807) is 0 Å². The molecule has 0 saturated carbocycles. The Morgan fingerprint density at radius 1 is 0.314 bits per heavy atom. The number of para-hydroxylation sites is 2. The Labute approximate surface area is 298 Å². The number of benzene rings is 8. The first-order valence-electron chi connectivity index (χ1n) is 17.4. The zero-order valence-corrected chi connectivity index (χ0v) is 28.4. The normalized spacial score (nSPS) is 11.9. The van der Waals surface area contributed by atoms with E-state index in [1.165, 1.54) is 86.0 Å². The van der Waals surface area contributed by atoms with Crippen LogP contribution < -0.4 is 0 Å². The van der Waals surface area contributed by atoms with Crippen LogP contribution in [0.3, 0.4) is 0 Å². The van der Waals surface area contributed by atoms with Crippen LogP contribution in [0, 0.1) is 0 Å². The SMILES string of the molecule is c1ccc(-c2cccc(-n3c4ccccc4c4cc5c6ccccc6n(-c6cccc(-c7cccc8sc9ccccc9c78)c6)c5cc43)c2)cc1. The van der Waals surface area contributed by atoms with Crippen LogP contribution in [-0.2, 0) is 0 Å². The average molecular weight is 667 g/mol. The van der Waals surface area contributed by atoms with E-state index in [4.69, 9.17) is 0 Å². The molecule has 0 aliphatic rings. The third kappa shape index (κ3) is 4.29. The lowest BCUT2D eigenvalue weighted by molar-refractivity contribution is 1.17. The third-order valence-electron chi connectivity index (χ3n) is 10.5. The van der Waals surface area contributed by atoms with E-state index in [2.05, 4.69) is 191 Å². The standard InChI is InChI=1S/C48H30N2S/c1-2-13-31(14-3-1)32-15-10-17-34(27-32)49-42-23-7-4-19-37(42)40-29-41-38-20-5-8-24-43(38)50(45(41)30-44(40)49)35-18-11-16-33(28-35)36-22-12-26-47-48(36)39-21-6-9-25-46(39)51-47/h1-30H. The third-order valence-corrected chi connectivity index (χ3v) is 11.6. The molecule has 2 nitrogen and oxygen atoms in total. The van der Waals surface area contributed by atoms with Crippen molar-refractivity contribution >= 4 is 75.1 Å². The van der Waals surface area contributed by atoms with Crippen molar-refractivity contribution in [2.24, 2.45) is 0 Å². The van der Waals surface area contributed by atoms with E-state index in [1.807, 2.05) is 11.3 Å². The summed E-state index contributed by atoms with van der Waals surface area (Å²) in [4.78, 5) is 0. The summed E-state index contributed by atoms with van der Waals surface area (Å²) in [5.41, 5.74) is 12.0. The predicted octanol–water partition coefficient (Wildman–Crippen LogP) is 13.6. The van der Waals surface area contributed by atoms with Gasteiger partial charge in [0.25, 0.3) is 0 Å². The van der Waals surface area contributed by atoms with Gasteiger partial charge in [-0.2, -0.15) is 0 Å². The molecule has 0 aliphatic heterocycles. The molecule has 3 aromatic heterocycles. The second kappa shape index (κ2) is 11.0. The van der Waals surface area contributed by atoms with E-state index < -0.39 is 0 Å². The van der Waals surface area contributed by atoms with E-state index in [0.717, 1.165) is 11.4 Å². The molecule has 0 bridgehead atoms. The maximum absolute atomic E-state index is 2.46. The summed E-state index contributed by atoms with van der Waals surface area (Å²) in [7, 11) is 0. The van der Waals surface area contributed by atoms with Gasteiger partial charge >= 0.3 is 0 Å². The molecule has 51 heavy (non-hydrogen) atoms. The largest absolute Gasteiger partial charge is 0.309 e. The number of nitrogens with zero attached hydrogens (tertiary/aromatic N) is 2.